The van der Waals surface area contributed by atoms with Gasteiger partial charge < -0.3 is 34.7 Å². The second kappa shape index (κ2) is 16.5. The zero-order valence-corrected chi connectivity index (χ0v) is 26.6. The minimum atomic E-state index is -1.13. The number of anilines is 1. The summed E-state index contributed by atoms with van der Waals surface area (Å²) in [6.07, 6.45) is 4.10. The molecule has 0 bridgehead atoms. The molecule has 0 saturated heterocycles. The first-order chi connectivity index (χ1) is 19.9. The number of methoxy groups -OCH3 is 1. The summed E-state index contributed by atoms with van der Waals surface area (Å²) < 4.78 is 16.3. The molecule has 0 saturated carbocycles. The van der Waals surface area contributed by atoms with E-state index in [9.17, 15) is 28.8 Å². The number of aromatic nitrogens is 1. The van der Waals surface area contributed by atoms with Crippen LogP contribution in [0.15, 0.2) is 35.3 Å². The van der Waals surface area contributed by atoms with Crippen LogP contribution >= 0.6 is 0 Å². The standard InChI is InChI=1S/C30H46N4O9/c1-10-19(2)24(27(39)42-29(3,4)5)33-22(35)18-34-17-13-15-21(26(34)38)31-25(37)20(14-11-12-16-23(36)41-9)32-28(40)43-30(6,7)8/h12-13,15-17,19-20,24H,10-11,14,18H2,1-9H3,(H,31,37)(H,32,40)(H,33,35)/b16-12+/t19-,20+,24+/m1/s1. The van der Waals surface area contributed by atoms with Crippen molar-refractivity contribution in [2.45, 2.75) is 104 Å². The van der Waals surface area contributed by atoms with E-state index in [0.717, 1.165) is 4.57 Å². The lowest BCUT2D eigenvalue weighted by Crippen LogP contribution is -2.49. The van der Waals surface area contributed by atoms with Gasteiger partial charge >= 0.3 is 18.0 Å². The monoisotopic (exact) mass is 606 g/mol. The molecule has 0 spiro atoms. The van der Waals surface area contributed by atoms with E-state index in [1.807, 2.05) is 13.8 Å². The fourth-order valence-corrected chi connectivity index (χ4v) is 3.61. The first-order valence-corrected chi connectivity index (χ1v) is 14.1. The third-order valence-corrected chi connectivity index (χ3v) is 5.87. The Balaban J connectivity index is 3.09. The summed E-state index contributed by atoms with van der Waals surface area (Å²) >= 11 is 0. The number of hydrogen-bond acceptors (Lipinski definition) is 9. The fourth-order valence-electron chi connectivity index (χ4n) is 3.61. The second-order valence-corrected chi connectivity index (χ2v) is 12.0. The molecule has 0 aliphatic carbocycles. The van der Waals surface area contributed by atoms with Gasteiger partial charge in [-0.25, -0.2) is 14.4 Å². The number of hydrogen-bond donors (Lipinski definition) is 3. The Labute approximate surface area is 252 Å². The normalized spacial score (nSPS) is 13.8. The molecule has 3 atom stereocenters. The van der Waals surface area contributed by atoms with E-state index in [4.69, 9.17) is 9.47 Å². The van der Waals surface area contributed by atoms with Crippen LogP contribution in [0.5, 0.6) is 0 Å². The highest BCUT2D eigenvalue weighted by molar-refractivity contribution is 5.96. The van der Waals surface area contributed by atoms with Crippen molar-refractivity contribution in [1.29, 1.82) is 0 Å². The molecule has 0 aliphatic heterocycles. The van der Waals surface area contributed by atoms with E-state index in [-0.39, 0.29) is 24.4 Å². The third kappa shape index (κ3) is 14.0. The predicted octanol–water partition coefficient (Wildman–Crippen LogP) is 3.06. The zero-order valence-electron chi connectivity index (χ0n) is 26.6. The maximum Gasteiger partial charge on any atom is 0.408 e. The summed E-state index contributed by atoms with van der Waals surface area (Å²) in [5.74, 6) is -2.68. The molecule has 240 valence electrons. The Morgan fingerprint density at radius 3 is 2.19 bits per heavy atom. The van der Waals surface area contributed by atoms with Gasteiger partial charge in [-0.2, -0.15) is 0 Å². The maximum atomic E-state index is 13.2. The molecule has 1 aromatic rings. The predicted molar refractivity (Wildman–Crippen MR) is 160 cm³/mol. The number of carbonyl (C=O) groups excluding carboxylic acids is 5. The molecule has 13 nitrogen and oxygen atoms in total. The van der Waals surface area contributed by atoms with Gasteiger partial charge in [-0.1, -0.05) is 26.3 Å². The topological polar surface area (TPSA) is 171 Å². The van der Waals surface area contributed by atoms with Crippen LogP contribution in [0.1, 0.15) is 74.7 Å². The van der Waals surface area contributed by atoms with E-state index >= 15 is 0 Å². The number of esters is 2. The van der Waals surface area contributed by atoms with Crippen molar-refractivity contribution >= 4 is 35.5 Å². The number of nitrogens with one attached hydrogen (secondary N) is 3. The number of ether oxygens (including phenoxy) is 3. The molecule has 0 aromatic carbocycles. The van der Waals surface area contributed by atoms with Gasteiger partial charge in [-0.05, 0) is 72.4 Å². The van der Waals surface area contributed by atoms with Crippen molar-refractivity contribution in [1.82, 2.24) is 15.2 Å². The number of rotatable bonds is 13. The van der Waals surface area contributed by atoms with Crippen LogP contribution in [0.4, 0.5) is 10.5 Å². The van der Waals surface area contributed by atoms with Gasteiger partial charge in [-0.15, -0.1) is 0 Å². The zero-order chi connectivity index (χ0) is 33.0. The Bertz CT molecular complexity index is 1230. The van der Waals surface area contributed by atoms with Crippen LogP contribution in [0.25, 0.3) is 0 Å². The molecule has 3 N–H and O–H groups in total. The minimum absolute atomic E-state index is 0.0731. The Kier molecular flexibility index (Phi) is 14.1. The first-order valence-electron chi connectivity index (χ1n) is 14.1. The Morgan fingerprint density at radius 1 is 1.00 bits per heavy atom. The van der Waals surface area contributed by atoms with Crippen LogP contribution in [0.2, 0.25) is 0 Å². The molecule has 3 amide bonds. The minimum Gasteiger partial charge on any atom is -0.466 e. The number of nitrogens with zero attached hydrogens (tertiary/aromatic N) is 1. The summed E-state index contributed by atoms with van der Waals surface area (Å²) in [5.41, 5.74) is -2.37. The molecule has 0 aliphatic rings. The average molecular weight is 607 g/mol. The molecule has 0 unspecified atom stereocenters. The second-order valence-electron chi connectivity index (χ2n) is 12.0. The number of amides is 3. The highest BCUT2D eigenvalue weighted by atomic mass is 16.6. The van der Waals surface area contributed by atoms with Crippen LogP contribution in [0.3, 0.4) is 0 Å². The number of allylic oxidation sites excluding steroid dienone is 1. The van der Waals surface area contributed by atoms with E-state index in [0.29, 0.717) is 6.42 Å². The number of carbonyl (C=O) groups is 5. The molecular formula is C30H46N4O9. The summed E-state index contributed by atoms with van der Waals surface area (Å²) in [5, 5.41) is 7.65. The van der Waals surface area contributed by atoms with Crippen LogP contribution in [-0.4, -0.2) is 64.8 Å². The highest BCUT2D eigenvalue weighted by Gasteiger charge is 2.31. The smallest absolute Gasteiger partial charge is 0.408 e. The quantitative estimate of drug-likeness (QED) is 0.173. The lowest BCUT2D eigenvalue weighted by molar-refractivity contribution is -0.160. The molecule has 13 heteroatoms. The van der Waals surface area contributed by atoms with Crippen molar-refractivity contribution in [3.05, 3.63) is 40.8 Å². The highest BCUT2D eigenvalue weighted by Crippen LogP contribution is 2.15. The summed E-state index contributed by atoms with van der Waals surface area (Å²) in [6, 6.07) is 0.792. The molecular weight excluding hydrogens is 560 g/mol. The largest absolute Gasteiger partial charge is 0.466 e. The lowest BCUT2D eigenvalue weighted by atomic mass is 9.99. The first kappa shape index (κ1) is 36.9. The van der Waals surface area contributed by atoms with Crippen LogP contribution in [0, 0.1) is 5.92 Å². The molecule has 1 aromatic heterocycles. The molecule has 1 heterocycles. The van der Waals surface area contributed by atoms with Gasteiger partial charge in [0.2, 0.25) is 11.8 Å². The molecule has 0 radical (unpaired) electrons. The SMILES string of the molecule is CC[C@@H](C)[C@H](NC(=O)Cn1cccc(NC(=O)[C@H](CC/C=C/C(=O)OC)NC(=O)OC(C)(C)C)c1=O)C(=O)OC(C)(C)C. The number of alkyl carbamates (subject to hydrolysis) is 1. The molecule has 43 heavy (non-hydrogen) atoms. The van der Waals surface area contributed by atoms with Gasteiger partial charge in [0.15, 0.2) is 0 Å². The molecule has 1 rings (SSSR count). The third-order valence-electron chi connectivity index (χ3n) is 5.87. The lowest BCUT2D eigenvalue weighted by Gasteiger charge is -2.27. The summed E-state index contributed by atoms with van der Waals surface area (Å²) in [6.45, 7) is 13.5. The van der Waals surface area contributed by atoms with E-state index in [2.05, 4.69) is 20.7 Å². The summed E-state index contributed by atoms with van der Waals surface area (Å²) in [7, 11) is 1.23. The van der Waals surface area contributed by atoms with Gasteiger partial charge in [0, 0.05) is 12.3 Å². The Hall–Kier alpha value is -4.16. The van der Waals surface area contributed by atoms with Crippen molar-refractivity contribution in [3.8, 4) is 0 Å². The summed E-state index contributed by atoms with van der Waals surface area (Å²) in [4.78, 5) is 75.6. The van der Waals surface area contributed by atoms with Gasteiger partial charge in [0.25, 0.3) is 5.56 Å². The van der Waals surface area contributed by atoms with Gasteiger partial charge in [0.05, 0.1) is 7.11 Å². The van der Waals surface area contributed by atoms with Crippen LogP contribution in [-0.2, 0) is 39.9 Å². The van der Waals surface area contributed by atoms with Gasteiger partial charge in [-0.3, -0.25) is 14.4 Å². The van der Waals surface area contributed by atoms with Gasteiger partial charge in [0.1, 0.15) is 35.5 Å². The Morgan fingerprint density at radius 2 is 1.63 bits per heavy atom. The van der Waals surface area contributed by atoms with Crippen molar-refractivity contribution in [2.24, 2.45) is 5.92 Å². The van der Waals surface area contributed by atoms with E-state index in [1.165, 1.54) is 37.6 Å². The van der Waals surface area contributed by atoms with Crippen molar-refractivity contribution in [2.75, 3.05) is 12.4 Å². The fraction of sp³-hybridized carbons (Fsp3) is 0.600. The van der Waals surface area contributed by atoms with E-state index < -0.39 is 65.2 Å². The van der Waals surface area contributed by atoms with Crippen molar-refractivity contribution < 1.29 is 38.2 Å². The van der Waals surface area contributed by atoms with Crippen molar-refractivity contribution in [3.63, 3.8) is 0 Å². The molecule has 0 fully saturated rings. The maximum absolute atomic E-state index is 13.2. The van der Waals surface area contributed by atoms with E-state index in [1.54, 1.807) is 41.5 Å². The van der Waals surface area contributed by atoms with Crippen LogP contribution < -0.4 is 21.5 Å². The number of pyridine rings is 1. The average Bonchev–Trinajstić information content (AvgIpc) is 2.88.